The van der Waals surface area contributed by atoms with Gasteiger partial charge >= 0.3 is 0 Å². The van der Waals surface area contributed by atoms with Crippen molar-refractivity contribution in [2.24, 2.45) is 0 Å². The number of carbonyl (C=O) groups is 1. The topological polar surface area (TPSA) is 89.0 Å². The molecule has 2 N–H and O–H groups in total. The zero-order valence-corrected chi connectivity index (χ0v) is 18.7. The molecule has 4 rings (SSSR count). The van der Waals surface area contributed by atoms with Crippen LogP contribution in [-0.4, -0.2) is 34.1 Å². The van der Waals surface area contributed by atoms with E-state index in [1.54, 1.807) is 30.0 Å². The van der Waals surface area contributed by atoms with Gasteiger partial charge in [-0.25, -0.2) is 4.98 Å². The number of rotatable bonds is 5. The minimum absolute atomic E-state index is 0.0894. The number of nitrogens with one attached hydrogen (secondary N) is 2. The van der Waals surface area contributed by atoms with E-state index >= 15 is 0 Å². The molecule has 31 heavy (non-hydrogen) atoms. The van der Waals surface area contributed by atoms with Gasteiger partial charge in [-0.05, 0) is 32.0 Å². The van der Waals surface area contributed by atoms with Crippen LogP contribution in [0.5, 0.6) is 5.75 Å². The monoisotopic (exact) mass is 458 g/mol. The van der Waals surface area contributed by atoms with E-state index in [9.17, 15) is 9.59 Å². The summed E-state index contributed by atoms with van der Waals surface area (Å²) in [5, 5.41) is 4.56. The fraction of sp³-hybridized carbons (Fsp3) is 0.227. The van der Waals surface area contributed by atoms with Crippen molar-refractivity contribution < 1.29 is 9.53 Å². The number of hydrogen-bond acceptors (Lipinski definition) is 4. The molecule has 0 atom stereocenters. The van der Waals surface area contributed by atoms with Gasteiger partial charge in [0.15, 0.2) is 0 Å². The van der Waals surface area contributed by atoms with Gasteiger partial charge in [-0.1, -0.05) is 23.2 Å². The van der Waals surface area contributed by atoms with Crippen LogP contribution >= 0.6 is 23.2 Å². The van der Waals surface area contributed by atoms with Gasteiger partial charge in [0.1, 0.15) is 11.4 Å². The number of aromatic nitrogens is 3. The summed E-state index contributed by atoms with van der Waals surface area (Å²) in [5.41, 5.74) is 1.89. The van der Waals surface area contributed by atoms with Crippen LogP contribution in [0, 0.1) is 0 Å². The molecule has 3 heterocycles. The van der Waals surface area contributed by atoms with E-state index in [-0.39, 0.29) is 44.0 Å². The first-order valence-corrected chi connectivity index (χ1v) is 10.5. The summed E-state index contributed by atoms with van der Waals surface area (Å²) in [4.78, 5) is 33.6. The number of hydrogen-bond donors (Lipinski definition) is 2. The molecule has 1 amide bonds. The van der Waals surface area contributed by atoms with Gasteiger partial charge in [-0.15, -0.1) is 0 Å². The van der Waals surface area contributed by atoms with Gasteiger partial charge in [0, 0.05) is 41.8 Å². The molecule has 0 radical (unpaired) electrons. The molecule has 4 aromatic rings. The largest absolute Gasteiger partial charge is 0.495 e. The third-order valence-corrected chi connectivity index (χ3v) is 5.95. The molecule has 9 heteroatoms. The zero-order valence-electron chi connectivity index (χ0n) is 17.2. The van der Waals surface area contributed by atoms with Crippen LogP contribution in [-0.2, 0) is 6.54 Å². The number of methoxy groups -OCH3 is 1. The summed E-state index contributed by atoms with van der Waals surface area (Å²) in [7, 11) is 1.44. The Morgan fingerprint density at radius 3 is 2.71 bits per heavy atom. The average Bonchev–Trinajstić information content (AvgIpc) is 3.23. The lowest BCUT2D eigenvalue weighted by atomic mass is 10.0. The number of nitrogens with zero attached hydrogens (tertiary/aromatic N) is 2. The maximum atomic E-state index is 13.6. The number of halogens is 2. The minimum Gasteiger partial charge on any atom is -0.495 e. The highest BCUT2D eigenvalue weighted by Crippen LogP contribution is 2.42. The summed E-state index contributed by atoms with van der Waals surface area (Å²) >= 11 is 13.2. The predicted molar refractivity (Wildman–Crippen MR) is 124 cm³/mol. The Labute approximate surface area is 187 Å². The molecule has 0 aliphatic rings. The Morgan fingerprint density at radius 1 is 1.26 bits per heavy atom. The first-order valence-electron chi connectivity index (χ1n) is 9.77. The number of benzene rings is 1. The summed E-state index contributed by atoms with van der Waals surface area (Å²) in [6, 6.07) is 5.06. The van der Waals surface area contributed by atoms with Crippen molar-refractivity contribution in [3.63, 3.8) is 0 Å². The van der Waals surface area contributed by atoms with Crippen molar-refractivity contribution in [2.45, 2.75) is 20.4 Å². The molecule has 160 valence electrons. The minimum atomic E-state index is -0.379. The zero-order chi connectivity index (χ0) is 22.3. The van der Waals surface area contributed by atoms with Crippen LogP contribution in [0.1, 0.15) is 24.2 Å². The van der Waals surface area contributed by atoms with Crippen molar-refractivity contribution >= 4 is 51.0 Å². The van der Waals surface area contributed by atoms with E-state index in [0.29, 0.717) is 18.7 Å². The molecule has 1 aromatic carbocycles. The molecule has 0 aliphatic heterocycles. The number of aromatic amines is 1. The average molecular weight is 459 g/mol. The van der Waals surface area contributed by atoms with Crippen molar-refractivity contribution in [1.82, 2.24) is 19.9 Å². The second-order valence-corrected chi connectivity index (χ2v) is 7.65. The first kappa shape index (κ1) is 21.2. The quantitative estimate of drug-likeness (QED) is 0.456. The van der Waals surface area contributed by atoms with Gasteiger partial charge < -0.3 is 19.6 Å². The van der Waals surface area contributed by atoms with Crippen molar-refractivity contribution in [3.8, 4) is 16.9 Å². The number of carbonyl (C=O) groups excluding carboxylic acids is 1. The van der Waals surface area contributed by atoms with Crippen LogP contribution in [0.25, 0.3) is 33.1 Å². The summed E-state index contributed by atoms with van der Waals surface area (Å²) in [5.74, 6) is -0.125. The Bertz CT molecular complexity index is 1390. The van der Waals surface area contributed by atoms with E-state index in [1.807, 2.05) is 13.0 Å². The SMILES string of the molecule is CCNC(=O)c1cc(OC)c(Cl)c(-c2cc3cnc4[nH]ccc4c3n(CC)c2=O)c1Cl. The molecule has 7 nitrogen and oxygen atoms in total. The van der Waals surface area contributed by atoms with Gasteiger partial charge in [0.2, 0.25) is 0 Å². The first-order chi connectivity index (χ1) is 14.9. The number of fused-ring (bicyclic) bond motifs is 3. The third-order valence-electron chi connectivity index (χ3n) is 5.19. The fourth-order valence-electron chi connectivity index (χ4n) is 3.78. The molecule has 0 fully saturated rings. The van der Waals surface area contributed by atoms with E-state index in [2.05, 4.69) is 15.3 Å². The standard InChI is InChI=1S/C22H20Cl2N4O3/c1-4-25-21(29)14-9-15(31-3)18(24)16(17(14)23)13-8-11-10-27-20-12(6-7-26-20)19(11)28(5-2)22(13)30/h6-10H,4-5H2,1-3H3,(H,25,29)(H,26,27). The van der Waals surface area contributed by atoms with Gasteiger partial charge in [-0.3, -0.25) is 9.59 Å². The molecule has 0 saturated heterocycles. The van der Waals surface area contributed by atoms with Crippen molar-refractivity contribution in [3.05, 3.63) is 56.6 Å². The molecule has 0 unspecified atom stereocenters. The Morgan fingerprint density at radius 2 is 2.03 bits per heavy atom. The molecular weight excluding hydrogens is 439 g/mol. The second kappa shape index (κ2) is 8.24. The molecule has 0 aliphatic carbocycles. The lowest BCUT2D eigenvalue weighted by molar-refractivity contribution is 0.0955. The Hall–Kier alpha value is -3.03. The highest BCUT2D eigenvalue weighted by molar-refractivity contribution is 6.42. The van der Waals surface area contributed by atoms with Crippen LogP contribution in [0.4, 0.5) is 0 Å². The summed E-state index contributed by atoms with van der Waals surface area (Å²) in [6.07, 6.45) is 3.47. The van der Waals surface area contributed by atoms with Gasteiger partial charge in [0.25, 0.3) is 11.5 Å². The third kappa shape index (κ3) is 3.34. The number of aryl methyl sites for hydroxylation is 1. The van der Waals surface area contributed by atoms with Crippen LogP contribution in [0.2, 0.25) is 10.0 Å². The highest BCUT2D eigenvalue weighted by atomic mass is 35.5. The van der Waals surface area contributed by atoms with E-state index in [1.165, 1.54) is 13.2 Å². The van der Waals surface area contributed by atoms with E-state index in [4.69, 9.17) is 27.9 Å². The maximum absolute atomic E-state index is 13.6. The maximum Gasteiger partial charge on any atom is 0.259 e. The summed E-state index contributed by atoms with van der Waals surface area (Å²) in [6.45, 7) is 4.54. The van der Waals surface area contributed by atoms with Gasteiger partial charge in [0.05, 0.1) is 33.8 Å². The van der Waals surface area contributed by atoms with Crippen LogP contribution < -0.4 is 15.6 Å². The molecule has 0 bridgehead atoms. The Kier molecular flexibility index (Phi) is 5.64. The number of H-pyrrole nitrogens is 1. The van der Waals surface area contributed by atoms with E-state index < -0.39 is 0 Å². The Balaban J connectivity index is 2.11. The number of amides is 1. The van der Waals surface area contributed by atoms with E-state index in [0.717, 1.165) is 16.3 Å². The lowest BCUT2D eigenvalue weighted by Crippen LogP contribution is -2.24. The number of ether oxygens (including phenoxy) is 1. The fourth-order valence-corrected chi connectivity index (χ4v) is 4.49. The molecule has 0 saturated carbocycles. The summed E-state index contributed by atoms with van der Waals surface area (Å²) < 4.78 is 7.02. The number of pyridine rings is 2. The van der Waals surface area contributed by atoms with Crippen LogP contribution in [0.15, 0.2) is 35.4 Å². The van der Waals surface area contributed by atoms with Crippen molar-refractivity contribution in [1.29, 1.82) is 0 Å². The molecular formula is C22H20Cl2N4O3. The van der Waals surface area contributed by atoms with Gasteiger partial charge in [-0.2, -0.15) is 0 Å². The molecule has 0 spiro atoms. The smallest absolute Gasteiger partial charge is 0.259 e. The van der Waals surface area contributed by atoms with Crippen LogP contribution in [0.3, 0.4) is 0 Å². The lowest BCUT2D eigenvalue weighted by Gasteiger charge is -2.17. The van der Waals surface area contributed by atoms with Crippen molar-refractivity contribution in [2.75, 3.05) is 13.7 Å². The predicted octanol–water partition coefficient (Wildman–Crippen LogP) is 4.63. The second-order valence-electron chi connectivity index (χ2n) is 6.90. The molecule has 3 aromatic heterocycles. The highest BCUT2D eigenvalue weighted by Gasteiger charge is 2.25. The normalized spacial score (nSPS) is 11.3.